The zero-order chi connectivity index (χ0) is 22.4. The molecule has 2 aliphatic heterocycles. The van der Waals surface area contributed by atoms with Gasteiger partial charge in [0.05, 0.1) is 0 Å². The van der Waals surface area contributed by atoms with E-state index >= 15 is 0 Å². The highest BCUT2D eigenvalue weighted by molar-refractivity contribution is 6.25. The summed E-state index contributed by atoms with van der Waals surface area (Å²) in [5, 5.41) is 4.42. The average molecular weight is 438 g/mol. The number of ether oxygens (including phenoxy) is 2. The second kappa shape index (κ2) is 6.15. The van der Waals surface area contributed by atoms with Crippen molar-refractivity contribution in [2.75, 3.05) is 0 Å². The third-order valence-electron chi connectivity index (χ3n) is 7.59. The summed E-state index contributed by atoms with van der Waals surface area (Å²) in [6, 6.07) is 32.9. The topological polar surface area (TPSA) is 35.5 Å². The van der Waals surface area contributed by atoms with Crippen molar-refractivity contribution in [1.82, 2.24) is 0 Å². The van der Waals surface area contributed by atoms with Crippen LogP contribution in [-0.2, 0) is 10.4 Å². The van der Waals surface area contributed by atoms with Gasteiger partial charge in [0, 0.05) is 27.8 Å². The molecule has 0 saturated carbocycles. The highest BCUT2D eigenvalue weighted by atomic mass is 16.6. The molecule has 0 fully saturated rings. The van der Waals surface area contributed by atoms with E-state index in [2.05, 4.69) is 42.5 Å². The molecule has 8 rings (SSSR count). The van der Waals surface area contributed by atoms with Crippen LogP contribution >= 0.6 is 0 Å². The Labute approximate surface area is 195 Å². The normalized spacial score (nSPS) is 21.2. The average Bonchev–Trinajstić information content (AvgIpc) is 3.38. The Morgan fingerprint density at radius 3 is 2.21 bits per heavy atom. The first-order chi connectivity index (χ1) is 16.8. The number of allylic oxidation sites excluding steroid dienone is 1. The van der Waals surface area contributed by atoms with Crippen LogP contribution in [0.3, 0.4) is 0 Å². The summed E-state index contributed by atoms with van der Waals surface area (Å²) in [7, 11) is 0. The molecule has 5 aromatic carbocycles. The van der Waals surface area contributed by atoms with Crippen LogP contribution in [0, 0.1) is 0 Å². The Bertz CT molecular complexity index is 1750. The SMILES string of the molecule is O=CC1=C2c3c(ccc4ccccc34)O[C@H]3c4c(ccc5ccccc45)O[C@@]23c2ccccc21. The second-order valence-corrected chi connectivity index (χ2v) is 9.15. The van der Waals surface area contributed by atoms with E-state index in [9.17, 15) is 4.79 Å². The maximum Gasteiger partial charge on any atom is 0.202 e. The van der Waals surface area contributed by atoms with Crippen LogP contribution in [0.2, 0.25) is 0 Å². The molecular weight excluding hydrogens is 420 g/mol. The molecule has 0 bridgehead atoms. The smallest absolute Gasteiger partial charge is 0.202 e. The predicted octanol–water partition coefficient (Wildman–Crippen LogP) is 6.84. The van der Waals surface area contributed by atoms with E-state index in [1.54, 1.807) is 0 Å². The lowest BCUT2D eigenvalue weighted by Gasteiger charge is -2.40. The zero-order valence-electron chi connectivity index (χ0n) is 18.1. The van der Waals surface area contributed by atoms with E-state index in [1.165, 1.54) is 0 Å². The molecular formula is C31H18O3. The van der Waals surface area contributed by atoms with Crippen LogP contribution < -0.4 is 9.47 Å². The Balaban J connectivity index is 1.56. The molecule has 0 aromatic heterocycles. The Hall–Kier alpha value is -4.37. The summed E-state index contributed by atoms with van der Waals surface area (Å²) in [5.74, 6) is 1.59. The molecule has 0 amide bonds. The largest absolute Gasteiger partial charge is 0.480 e. The van der Waals surface area contributed by atoms with Gasteiger partial charge in [0.2, 0.25) is 5.60 Å². The minimum Gasteiger partial charge on any atom is -0.480 e. The highest BCUT2D eigenvalue weighted by Crippen LogP contribution is 2.67. The molecule has 3 heteroatoms. The number of hydrogen-bond donors (Lipinski definition) is 0. The van der Waals surface area contributed by atoms with Crippen LogP contribution in [0.5, 0.6) is 11.5 Å². The van der Waals surface area contributed by atoms with Gasteiger partial charge in [-0.15, -0.1) is 0 Å². The first kappa shape index (κ1) is 18.1. The van der Waals surface area contributed by atoms with Gasteiger partial charge < -0.3 is 9.47 Å². The van der Waals surface area contributed by atoms with Crippen molar-refractivity contribution in [2.24, 2.45) is 0 Å². The van der Waals surface area contributed by atoms with Crippen molar-refractivity contribution >= 4 is 39.0 Å². The van der Waals surface area contributed by atoms with E-state index in [0.717, 1.165) is 67.2 Å². The van der Waals surface area contributed by atoms with E-state index in [0.29, 0.717) is 5.57 Å². The second-order valence-electron chi connectivity index (χ2n) is 9.15. The van der Waals surface area contributed by atoms with Gasteiger partial charge in [0.1, 0.15) is 11.5 Å². The zero-order valence-corrected chi connectivity index (χ0v) is 18.1. The van der Waals surface area contributed by atoms with Crippen LogP contribution in [0.15, 0.2) is 97.1 Å². The summed E-state index contributed by atoms with van der Waals surface area (Å²) in [6.07, 6.45) is 0.581. The van der Waals surface area contributed by atoms with Gasteiger partial charge >= 0.3 is 0 Å². The molecule has 0 radical (unpaired) electrons. The summed E-state index contributed by atoms with van der Waals surface area (Å²) >= 11 is 0. The van der Waals surface area contributed by atoms with E-state index < -0.39 is 11.7 Å². The summed E-state index contributed by atoms with van der Waals surface area (Å²) in [5.41, 5.74) is 4.55. The number of aldehydes is 1. The number of carbonyl (C=O) groups excluding carboxylic acids is 1. The lowest BCUT2D eigenvalue weighted by atomic mass is 9.76. The Morgan fingerprint density at radius 2 is 1.38 bits per heavy atom. The minimum absolute atomic E-state index is 0.407. The number of rotatable bonds is 1. The number of hydrogen-bond acceptors (Lipinski definition) is 3. The third kappa shape index (κ3) is 1.97. The quantitative estimate of drug-likeness (QED) is 0.269. The van der Waals surface area contributed by atoms with Gasteiger partial charge in [0.15, 0.2) is 12.4 Å². The van der Waals surface area contributed by atoms with Gasteiger partial charge in [-0.2, -0.15) is 0 Å². The van der Waals surface area contributed by atoms with Crippen LogP contribution in [0.4, 0.5) is 0 Å². The lowest BCUT2D eigenvalue weighted by molar-refractivity contribution is -0.103. The fourth-order valence-electron chi connectivity index (χ4n) is 6.27. The van der Waals surface area contributed by atoms with Crippen molar-refractivity contribution in [1.29, 1.82) is 0 Å². The van der Waals surface area contributed by atoms with Crippen LogP contribution in [0.1, 0.15) is 28.4 Å². The molecule has 0 unspecified atom stereocenters. The Kier molecular flexibility index (Phi) is 3.27. The van der Waals surface area contributed by atoms with Crippen molar-refractivity contribution < 1.29 is 14.3 Å². The van der Waals surface area contributed by atoms with Crippen LogP contribution in [-0.4, -0.2) is 6.29 Å². The van der Waals surface area contributed by atoms with E-state index in [1.807, 2.05) is 54.6 Å². The summed E-state index contributed by atoms with van der Waals surface area (Å²) in [6.45, 7) is 0. The fraction of sp³-hybridized carbons (Fsp3) is 0.0645. The van der Waals surface area contributed by atoms with Gasteiger partial charge in [-0.05, 0) is 39.2 Å². The Morgan fingerprint density at radius 1 is 0.706 bits per heavy atom. The molecule has 3 nitrogen and oxygen atoms in total. The molecule has 2 heterocycles. The first-order valence-corrected chi connectivity index (χ1v) is 11.5. The molecule has 0 N–H and O–H groups in total. The van der Waals surface area contributed by atoms with Gasteiger partial charge in [-0.25, -0.2) is 0 Å². The maximum absolute atomic E-state index is 12.7. The number of benzene rings is 5. The van der Waals surface area contributed by atoms with Crippen molar-refractivity contribution in [2.45, 2.75) is 11.7 Å². The van der Waals surface area contributed by atoms with Crippen molar-refractivity contribution in [3.05, 3.63) is 119 Å². The maximum atomic E-state index is 12.7. The molecule has 1 spiro atoms. The molecule has 34 heavy (non-hydrogen) atoms. The highest BCUT2D eigenvalue weighted by Gasteiger charge is 2.62. The van der Waals surface area contributed by atoms with E-state index in [-0.39, 0.29) is 0 Å². The van der Waals surface area contributed by atoms with Gasteiger partial charge in [-0.3, -0.25) is 4.79 Å². The summed E-state index contributed by atoms with van der Waals surface area (Å²) < 4.78 is 13.8. The van der Waals surface area contributed by atoms with Gasteiger partial charge in [-0.1, -0.05) is 84.9 Å². The third-order valence-corrected chi connectivity index (χ3v) is 7.59. The van der Waals surface area contributed by atoms with E-state index in [4.69, 9.17) is 9.47 Å². The molecule has 3 aliphatic rings. The first-order valence-electron chi connectivity index (χ1n) is 11.5. The van der Waals surface area contributed by atoms with Crippen molar-refractivity contribution in [3.8, 4) is 11.5 Å². The predicted molar refractivity (Wildman–Crippen MR) is 133 cm³/mol. The number of carbonyl (C=O) groups is 1. The van der Waals surface area contributed by atoms with Crippen molar-refractivity contribution in [3.63, 3.8) is 0 Å². The minimum atomic E-state index is -0.920. The standard InChI is InChI=1S/C31H18O3/c32-17-23-22-11-5-6-12-24(22)31-29(23)27-20-9-3-1-7-18(20)13-15-25(27)33-30(31)28-21-10-4-2-8-19(21)14-16-26(28)34-31/h1-17,30H/t30-,31-/m0/s1. The van der Waals surface area contributed by atoms with Gasteiger partial charge in [0.25, 0.3) is 0 Å². The molecule has 0 saturated heterocycles. The summed E-state index contributed by atoms with van der Waals surface area (Å²) in [4.78, 5) is 12.7. The molecule has 1 aliphatic carbocycles. The lowest BCUT2D eigenvalue weighted by Crippen LogP contribution is -2.40. The van der Waals surface area contributed by atoms with Crippen LogP contribution in [0.25, 0.3) is 32.7 Å². The number of fused-ring (bicyclic) bond motifs is 9. The molecule has 5 aromatic rings. The monoisotopic (exact) mass is 438 g/mol. The fourth-order valence-corrected chi connectivity index (χ4v) is 6.27. The molecule has 160 valence electrons. The molecule has 2 atom stereocenters.